The maximum absolute atomic E-state index is 5.40. The van der Waals surface area contributed by atoms with Gasteiger partial charge in [-0.15, -0.1) is 0 Å². The van der Waals surface area contributed by atoms with Crippen molar-refractivity contribution in [3.8, 4) is 0 Å². The van der Waals surface area contributed by atoms with Crippen LogP contribution in [0.3, 0.4) is 0 Å². The zero-order chi connectivity index (χ0) is 14.1. The van der Waals surface area contributed by atoms with Crippen LogP contribution in [0.15, 0.2) is 51.6 Å². The normalized spacial score (nSPS) is 16.4. The number of furan rings is 1. The molecule has 2 aromatic rings. The van der Waals surface area contributed by atoms with Crippen molar-refractivity contribution in [2.24, 2.45) is 4.99 Å². The van der Waals surface area contributed by atoms with Crippen LogP contribution in [0.1, 0.15) is 22.5 Å². The second-order valence-electron chi connectivity index (χ2n) is 4.80. The predicted molar refractivity (Wildman–Crippen MR) is 78.6 cm³/mol. The molecule has 0 fully saturated rings. The van der Waals surface area contributed by atoms with Gasteiger partial charge in [-0.1, -0.05) is 0 Å². The van der Waals surface area contributed by atoms with E-state index >= 15 is 0 Å². The first-order valence-corrected chi connectivity index (χ1v) is 6.42. The van der Waals surface area contributed by atoms with E-state index in [1.165, 1.54) is 5.56 Å². The summed E-state index contributed by atoms with van der Waals surface area (Å²) in [4.78, 5) is 7.93. The molecule has 1 N–H and O–H groups in total. The summed E-state index contributed by atoms with van der Waals surface area (Å²) in [5, 5.41) is 0. The molecule has 0 aliphatic carbocycles. The Balaban J connectivity index is 2.01. The van der Waals surface area contributed by atoms with Crippen molar-refractivity contribution in [3.05, 3.63) is 64.7 Å². The lowest BCUT2D eigenvalue weighted by atomic mass is 10.2. The smallest absolute Gasteiger partial charge is 0.146 e. The van der Waals surface area contributed by atoms with Gasteiger partial charge in [-0.3, -0.25) is 0 Å². The van der Waals surface area contributed by atoms with Crippen LogP contribution in [0, 0.1) is 13.8 Å². The van der Waals surface area contributed by atoms with Crippen LogP contribution in [-0.4, -0.2) is 17.8 Å². The molecule has 2 aromatic heterocycles. The number of aromatic nitrogens is 1. The Labute approximate surface area is 117 Å². The van der Waals surface area contributed by atoms with Crippen LogP contribution in [-0.2, 0) is 4.74 Å². The van der Waals surface area contributed by atoms with Crippen LogP contribution in [0.25, 0.3) is 6.08 Å². The molecule has 1 aliphatic rings. The molecule has 3 rings (SSSR count). The van der Waals surface area contributed by atoms with Crippen LogP contribution in [0.4, 0.5) is 0 Å². The van der Waals surface area contributed by atoms with E-state index in [0.29, 0.717) is 0 Å². The zero-order valence-electron chi connectivity index (χ0n) is 11.7. The number of rotatable bonds is 3. The van der Waals surface area contributed by atoms with Gasteiger partial charge in [0.25, 0.3) is 0 Å². The van der Waals surface area contributed by atoms with Crippen molar-refractivity contribution < 1.29 is 9.15 Å². The number of nitrogens with zero attached hydrogens (tertiary/aromatic N) is 1. The van der Waals surface area contributed by atoms with E-state index < -0.39 is 0 Å². The first-order valence-electron chi connectivity index (χ1n) is 6.42. The zero-order valence-corrected chi connectivity index (χ0v) is 11.7. The van der Waals surface area contributed by atoms with Gasteiger partial charge in [0, 0.05) is 23.0 Å². The average Bonchev–Trinajstić information content (AvgIpc) is 3.11. The molecule has 0 saturated heterocycles. The molecule has 20 heavy (non-hydrogen) atoms. The minimum Gasteiger partial charge on any atom is -0.494 e. The summed E-state index contributed by atoms with van der Waals surface area (Å²) >= 11 is 0. The first kappa shape index (κ1) is 12.5. The lowest BCUT2D eigenvalue weighted by molar-refractivity contribution is 0.303. The summed E-state index contributed by atoms with van der Waals surface area (Å²) in [6.07, 6.45) is 7.24. The summed E-state index contributed by atoms with van der Waals surface area (Å²) < 4.78 is 10.5. The number of H-pyrrole nitrogens is 1. The standard InChI is InChI=1S/C16H16N2O2/c1-10-6-11(2)17-13(10)7-15-16(19-3)8-14(18-15)12-4-5-20-9-12/h4-9,17H,1-3H3/b15-7-. The number of aromatic amines is 1. The van der Waals surface area contributed by atoms with E-state index in [2.05, 4.69) is 23.0 Å². The molecule has 102 valence electrons. The van der Waals surface area contributed by atoms with Gasteiger partial charge in [0.1, 0.15) is 11.5 Å². The van der Waals surface area contributed by atoms with Crippen LogP contribution < -0.4 is 0 Å². The van der Waals surface area contributed by atoms with Crippen molar-refractivity contribution in [1.82, 2.24) is 4.98 Å². The third kappa shape index (κ3) is 2.20. The van der Waals surface area contributed by atoms with Crippen LogP contribution in [0.5, 0.6) is 0 Å². The molecule has 0 saturated carbocycles. The van der Waals surface area contributed by atoms with Gasteiger partial charge in [-0.2, -0.15) is 0 Å². The monoisotopic (exact) mass is 268 g/mol. The minimum atomic E-state index is 0.757. The number of aliphatic imine (C=N–C) groups is 1. The number of nitrogens with one attached hydrogen (secondary N) is 1. The van der Waals surface area contributed by atoms with Gasteiger partial charge in [0.05, 0.1) is 25.3 Å². The highest BCUT2D eigenvalue weighted by Crippen LogP contribution is 2.26. The molecule has 0 aromatic carbocycles. The summed E-state index contributed by atoms with van der Waals surface area (Å²) in [7, 11) is 1.65. The lowest BCUT2D eigenvalue weighted by Gasteiger charge is -2.01. The fourth-order valence-electron chi connectivity index (χ4n) is 2.28. The molecule has 0 unspecified atom stereocenters. The molecular formula is C16H16N2O2. The second-order valence-corrected chi connectivity index (χ2v) is 4.80. The van der Waals surface area contributed by atoms with E-state index in [9.17, 15) is 0 Å². The number of hydrogen-bond donors (Lipinski definition) is 1. The number of methoxy groups -OCH3 is 1. The van der Waals surface area contributed by atoms with Crippen LogP contribution in [0.2, 0.25) is 0 Å². The van der Waals surface area contributed by atoms with Crippen molar-refractivity contribution >= 4 is 11.8 Å². The highest BCUT2D eigenvalue weighted by molar-refractivity contribution is 6.11. The summed E-state index contributed by atoms with van der Waals surface area (Å²) in [6, 6.07) is 3.99. The molecule has 0 bridgehead atoms. The molecule has 4 heteroatoms. The second kappa shape index (κ2) is 4.89. The minimum absolute atomic E-state index is 0.757. The topological polar surface area (TPSA) is 50.5 Å². The quantitative estimate of drug-likeness (QED) is 0.924. The summed E-state index contributed by atoms with van der Waals surface area (Å²) in [5.74, 6) is 0.757. The fraction of sp³-hybridized carbons (Fsp3) is 0.188. The van der Waals surface area contributed by atoms with Crippen molar-refractivity contribution in [2.45, 2.75) is 13.8 Å². The van der Waals surface area contributed by atoms with Crippen molar-refractivity contribution in [2.75, 3.05) is 7.11 Å². The molecule has 0 radical (unpaired) electrons. The average molecular weight is 268 g/mol. The molecule has 0 spiro atoms. The lowest BCUT2D eigenvalue weighted by Crippen LogP contribution is -1.89. The van der Waals surface area contributed by atoms with E-state index in [-0.39, 0.29) is 0 Å². The van der Waals surface area contributed by atoms with Crippen molar-refractivity contribution in [3.63, 3.8) is 0 Å². The summed E-state index contributed by atoms with van der Waals surface area (Å²) in [6.45, 7) is 4.11. The Morgan fingerprint density at radius 3 is 2.80 bits per heavy atom. The summed E-state index contributed by atoms with van der Waals surface area (Å²) in [5.41, 5.74) is 5.99. The number of hydrogen-bond acceptors (Lipinski definition) is 3. The van der Waals surface area contributed by atoms with Crippen molar-refractivity contribution in [1.29, 1.82) is 0 Å². The number of allylic oxidation sites excluding steroid dienone is 1. The number of aryl methyl sites for hydroxylation is 2. The maximum atomic E-state index is 5.40. The van der Waals surface area contributed by atoms with Gasteiger partial charge in [-0.05, 0) is 37.6 Å². The van der Waals surface area contributed by atoms with Crippen LogP contribution >= 0.6 is 0 Å². The van der Waals surface area contributed by atoms with E-state index in [0.717, 1.165) is 34.1 Å². The molecule has 4 nitrogen and oxygen atoms in total. The number of ether oxygens (including phenoxy) is 1. The molecule has 0 amide bonds. The Hall–Kier alpha value is -2.49. The van der Waals surface area contributed by atoms with E-state index in [4.69, 9.17) is 9.15 Å². The van der Waals surface area contributed by atoms with Gasteiger partial charge in [0.2, 0.25) is 0 Å². The Bertz CT molecular complexity index is 716. The largest absolute Gasteiger partial charge is 0.494 e. The Morgan fingerprint density at radius 1 is 1.35 bits per heavy atom. The van der Waals surface area contributed by atoms with E-state index in [1.807, 2.05) is 25.1 Å². The van der Waals surface area contributed by atoms with Gasteiger partial charge in [-0.25, -0.2) is 4.99 Å². The Morgan fingerprint density at radius 2 is 2.20 bits per heavy atom. The third-order valence-electron chi connectivity index (χ3n) is 3.27. The fourth-order valence-corrected chi connectivity index (χ4v) is 2.28. The third-order valence-corrected chi connectivity index (χ3v) is 3.27. The van der Waals surface area contributed by atoms with Gasteiger partial charge in [0.15, 0.2) is 0 Å². The van der Waals surface area contributed by atoms with Gasteiger partial charge >= 0.3 is 0 Å². The SMILES string of the molecule is COC1=CC(c2ccoc2)=N/C1=C\c1[nH]c(C)cc1C. The highest BCUT2D eigenvalue weighted by atomic mass is 16.5. The maximum Gasteiger partial charge on any atom is 0.146 e. The molecule has 0 atom stereocenters. The van der Waals surface area contributed by atoms with Gasteiger partial charge < -0.3 is 14.1 Å². The molecule has 1 aliphatic heterocycles. The Kier molecular flexibility index (Phi) is 3.06. The molecule has 3 heterocycles. The molecular weight excluding hydrogens is 252 g/mol. The predicted octanol–water partition coefficient (Wildman–Crippen LogP) is 3.60. The van der Waals surface area contributed by atoms with E-state index in [1.54, 1.807) is 19.6 Å². The first-order chi connectivity index (χ1) is 9.67. The highest BCUT2D eigenvalue weighted by Gasteiger charge is 2.17.